The van der Waals surface area contributed by atoms with Crippen LogP contribution in [0.1, 0.15) is 43.7 Å². The first-order valence-electron chi connectivity index (χ1n) is 10.2. The van der Waals surface area contributed by atoms with Gasteiger partial charge in [0.15, 0.2) is 11.5 Å². The number of hydrogen-bond donors (Lipinski definition) is 1. The second-order valence-electron chi connectivity index (χ2n) is 8.30. The van der Waals surface area contributed by atoms with Crippen molar-refractivity contribution in [3.05, 3.63) is 47.5 Å². The molecule has 5 rings (SSSR count). The molecule has 3 aliphatic heterocycles. The van der Waals surface area contributed by atoms with Crippen molar-refractivity contribution < 1.29 is 23.8 Å². The number of hydrogen-bond acceptors (Lipinski definition) is 4. The van der Waals surface area contributed by atoms with E-state index in [0.29, 0.717) is 5.92 Å². The number of quaternary nitrogens is 1. The molecule has 1 saturated heterocycles. The number of methoxy groups -OCH3 is 1. The fourth-order valence-corrected chi connectivity index (χ4v) is 5.15. The number of rotatable bonds is 3. The molecular weight excluding hydrogens is 354 g/mol. The minimum absolute atomic E-state index is 0.224. The quantitative estimate of drug-likeness (QED) is 0.886. The molecule has 3 heterocycles. The van der Waals surface area contributed by atoms with E-state index in [1.165, 1.54) is 24.0 Å². The van der Waals surface area contributed by atoms with Crippen molar-refractivity contribution in [1.82, 2.24) is 0 Å². The average Bonchev–Trinajstić information content (AvgIpc) is 3.40. The number of fused-ring (bicyclic) bond motifs is 2. The third-order valence-corrected chi connectivity index (χ3v) is 6.91. The van der Waals surface area contributed by atoms with Crippen molar-refractivity contribution in [2.24, 2.45) is 5.92 Å². The maximum absolute atomic E-state index is 6.74. The predicted molar refractivity (Wildman–Crippen MR) is 106 cm³/mol. The molecule has 0 spiro atoms. The maximum atomic E-state index is 6.74. The molecule has 0 radical (unpaired) electrons. The molecule has 3 aliphatic rings. The summed E-state index contributed by atoms with van der Waals surface area (Å²) in [6, 6.07) is 12.6. The molecule has 2 aromatic rings. The van der Waals surface area contributed by atoms with Gasteiger partial charge in [-0.25, -0.2) is 0 Å². The second-order valence-corrected chi connectivity index (χ2v) is 8.30. The van der Waals surface area contributed by atoms with Crippen LogP contribution in [0, 0.1) is 5.92 Å². The molecule has 0 saturated carbocycles. The van der Waals surface area contributed by atoms with E-state index in [9.17, 15) is 0 Å². The van der Waals surface area contributed by atoms with Crippen LogP contribution >= 0.6 is 0 Å². The molecule has 3 atom stereocenters. The third kappa shape index (κ3) is 2.64. The van der Waals surface area contributed by atoms with E-state index in [1.54, 1.807) is 12.0 Å². The lowest BCUT2D eigenvalue weighted by atomic mass is 9.74. The number of benzene rings is 2. The molecule has 5 nitrogen and oxygen atoms in total. The molecule has 0 aliphatic carbocycles. The van der Waals surface area contributed by atoms with Crippen molar-refractivity contribution in [2.75, 3.05) is 27.0 Å². The third-order valence-electron chi connectivity index (χ3n) is 6.91. The summed E-state index contributed by atoms with van der Waals surface area (Å²) >= 11 is 0. The molecule has 1 fully saturated rings. The Morgan fingerprint density at radius 1 is 1.00 bits per heavy atom. The zero-order chi connectivity index (χ0) is 19.3. The Hall–Kier alpha value is -2.40. The Bertz CT molecular complexity index is 875. The molecular formula is C23H28NO4+. The summed E-state index contributed by atoms with van der Waals surface area (Å²) in [7, 11) is 1.70. The highest BCUT2D eigenvalue weighted by Gasteiger charge is 2.52. The van der Waals surface area contributed by atoms with E-state index in [2.05, 4.69) is 32.0 Å². The van der Waals surface area contributed by atoms with Crippen molar-refractivity contribution >= 4 is 0 Å². The predicted octanol–water partition coefficient (Wildman–Crippen LogP) is 2.98. The van der Waals surface area contributed by atoms with Gasteiger partial charge in [-0.2, -0.15) is 0 Å². The Morgan fingerprint density at radius 2 is 1.68 bits per heavy atom. The number of ether oxygens (including phenoxy) is 4. The van der Waals surface area contributed by atoms with Crippen molar-refractivity contribution in [1.29, 1.82) is 0 Å². The highest BCUT2D eigenvalue weighted by Crippen LogP contribution is 2.50. The van der Waals surface area contributed by atoms with Crippen LogP contribution in [0.5, 0.6) is 23.0 Å². The van der Waals surface area contributed by atoms with Crippen LogP contribution in [0.15, 0.2) is 36.4 Å². The summed E-state index contributed by atoms with van der Waals surface area (Å²) in [5, 5.41) is 0. The summed E-state index contributed by atoms with van der Waals surface area (Å²) < 4.78 is 23.4. The Kier molecular flexibility index (Phi) is 4.16. The summed E-state index contributed by atoms with van der Waals surface area (Å²) in [5.74, 6) is 3.92. The average molecular weight is 382 g/mol. The van der Waals surface area contributed by atoms with E-state index < -0.39 is 0 Å². The van der Waals surface area contributed by atoms with Crippen molar-refractivity contribution in [3.8, 4) is 23.0 Å². The first kappa shape index (κ1) is 17.7. The molecule has 28 heavy (non-hydrogen) atoms. The Morgan fingerprint density at radius 3 is 2.36 bits per heavy atom. The van der Waals surface area contributed by atoms with Crippen LogP contribution in [0.3, 0.4) is 0 Å². The minimum atomic E-state index is -0.276. The van der Waals surface area contributed by atoms with Gasteiger partial charge in [-0.05, 0) is 23.8 Å². The van der Waals surface area contributed by atoms with Crippen molar-refractivity contribution in [2.45, 2.75) is 38.3 Å². The zero-order valence-electron chi connectivity index (χ0n) is 16.8. The molecule has 5 heteroatoms. The van der Waals surface area contributed by atoms with Gasteiger partial charge in [0.05, 0.1) is 26.1 Å². The maximum Gasteiger partial charge on any atom is 0.242 e. The van der Waals surface area contributed by atoms with Gasteiger partial charge in [-0.1, -0.05) is 19.1 Å². The van der Waals surface area contributed by atoms with E-state index >= 15 is 0 Å². The fourth-order valence-electron chi connectivity index (χ4n) is 5.15. The molecule has 2 aromatic carbocycles. The normalized spacial score (nSPS) is 28.7. The molecule has 0 bridgehead atoms. The summed E-state index contributed by atoms with van der Waals surface area (Å²) in [5.41, 5.74) is 2.18. The summed E-state index contributed by atoms with van der Waals surface area (Å²) in [6.45, 7) is 7.21. The van der Waals surface area contributed by atoms with E-state index in [1.807, 2.05) is 18.2 Å². The molecule has 148 valence electrons. The second kappa shape index (κ2) is 6.59. The van der Waals surface area contributed by atoms with E-state index in [0.717, 1.165) is 36.1 Å². The molecule has 0 unspecified atom stereocenters. The fraction of sp³-hybridized carbons (Fsp3) is 0.478. The molecule has 0 amide bonds. The topological polar surface area (TPSA) is 41.4 Å². The summed E-state index contributed by atoms with van der Waals surface area (Å²) in [6.07, 6.45) is 2.53. The first-order valence-corrected chi connectivity index (χ1v) is 10.2. The zero-order valence-corrected chi connectivity index (χ0v) is 16.8. The van der Waals surface area contributed by atoms with Gasteiger partial charge in [0.1, 0.15) is 11.5 Å². The van der Waals surface area contributed by atoms with E-state index in [4.69, 9.17) is 18.9 Å². The van der Waals surface area contributed by atoms with Gasteiger partial charge in [0.25, 0.3) is 0 Å². The van der Waals surface area contributed by atoms with Crippen LogP contribution in [-0.2, 0) is 0 Å². The van der Waals surface area contributed by atoms with Gasteiger partial charge in [-0.15, -0.1) is 0 Å². The number of likely N-dealkylation sites (tertiary alicyclic amines) is 1. The van der Waals surface area contributed by atoms with Gasteiger partial charge in [-0.3, -0.25) is 4.90 Å². The minimum Gasteiger partial charge on any atom is -0.497 e. The van der Waals surface area contributed by atoms with Gasteiger partial charge < -0.3 is 18.9 Å². The standard InChI is InChI=1S/C23H27NO4/c1-15-22(16-6-8-17(25-3)9-7-16)18-12-20-21(27-14-26-20)13-19(18)28-23(15,2)24-10-4-5-11-24/h6-9,12-13,15,22H,4-5,10-11,14H2,1-3H3/p+1/t15-,22-,23-/m1/s1. The summed E-state index contributed by atoms with van der Waals surface area (Å²) in [4.78, 5) is 1.54. The van der Waals surface area contributed by atoms with Crippen LogP contribution in [0.2, 0.25) is 0 Å². The lowest BCUT2D eigenvalue weighted by molar-refractivity contribution is -0.967. The lowest BCUT2D eigenvalue weighted by Gasteiger charge is -2.47. The van der Waals surface area contributed by atoms with Gasteiger partial charge in [0, 0.05) is 37.3 Å². The highest BCUT2D eigenvalue weighted by molar-refractivity contribution is 5.56. The lowest BCUT2D eigenvalue weighted by Crippen LogP contribution is -3.20. The van der Waals surface area contributed by atoms with Gasteiger partial charge in [0.2, 0.25) is 12.5 Å². The molecule has 1 N–H and O–H groups in total. The van der Waals surface area contributed by atoms with Crippen LogP contribution < -0.4 is 23.8 Å². The Balaban J connectivity index is 1.64. The van der Waals surface area contributed by atoms with E-state index in [-0.39, 0.29) is 18.4 Å². The van der Waals surface area contributed by atoms with Gasteiger partial charge >= 0.3 is 0 Å². The highest BCUT2D eigenvalue weighted by atomic mass is 16.7. The monoisotopic (exact) mass is 382 g/mol. The first-order chi connectivity index (χ1) is 13.6. The van der Waals surface area contributed by atoms with Crippen LogP contribution in [0.25, 0.3) is 0 Å². The van der Waals surface area contributed by atoms with Crippen molar-refractivity contribution in [3.63, 3.8) is 0 Å². The SMILES string of the molecule is COc1ccc([C@@H]2c3cc4c(cc3O[C@@](C)([NH+]3CCCC3)[C@@H]2C)OCO4)cc1. The van der Waals surface area contributed by atoms with Crippen LogP contribution in [0.4, 0.5) is 0 Å². The van der Waals surface area contributed by atoms with Crippen LogP contribution in [-0.4, -0.2) is 32.7 Å². The largest absolute Gasteiger partial charge is 0.497 e. The smallest absolute Gasteiger partial charge is 0.242 e. The number of nitrogens with one attached hydrogen (secondary N) is 1. The molecule has 0 aromatic heterocycles. The Labute approximate surface area is 166 Å².